The van der Waals surface area contributed by atoms with E-state index in [1.54, 1.807) is 7.11 Å². The molecule has 0 amide bonds. The van der Waals surface area contributed by atoms with Gasteiger partial charge in [0.2, 0.25) is 11.7 Å². The van der Waals surface area contributed by atoms with Crippen LogP contribution >= 0.6 is 0 Å². The number of aliphatic hydroxyl groups excluding tert-OH is 1. The smallest absolute Gasteiger partial charge is 0.243 e. The minimum absolute atomic E-state index is 0.0362. The summed E-state index contributed by atoms with van der Waals surface area (Å²) in [5, 5.41) is 16.9. The summed E-state index contributed by atoms with van der Waals surface area (Å²) in [4.78, 5) is 4.56. The van der Waals surface area contributed by atoms with Gasteiger partial charge >= 0.3 is 0 Å². The van der Waals surface area contributed by atoms with Gasteiger partial charge in [-0.25, -0.2) is 0 Å². The molecule has 0 bridgehead atoms. The van der Waals surface area contributed by atoms with Crippen molar-refractivity contribution in [2.24, 2.45) is 0 Å². The first-order valence-corrected chi connectivity index (χ1v) is 7.54. The van der Waals surface area contributed by atoms with Crippen molar-refractivity contribution >= 4 is 0 Å². The van der Waals surface area contributed by atoms with E-state index < -0.39 is 5.60 Å². The second-order valence-corrected chi connectivity index (χ2v) is 5.92. The maximum atomic E-state index is 9.57. The monoisotopic (exact) mass is 281 g/mol. The van der Waals surface area contributed by atoms with E-state index in [2.05, 4.69) is 15.5 Å². The molecule has 2 atom stereocenters. The fourth-order valence-electron chi connectivity index (χ4n) is 3.29. The number of hydrogen-bond donors (Lipinski definition) is 2. The lowest BCUT2D eigenvalue weighted by atomic mass is 9.93. The molecule has 3 rings (SSSR count). The van der Waals surface area contributed by atoms with Crippen LogP contribution in [0.3, 0.4) is 0 Å². The average molecular weight is 281 g/mol. The Bertz CT molecular complexity index is 441. The van der Waals surface area contributed by atoms with Crippen LogP contribution in [0.5, 0.6) is 0 Å². The van der Waals surface area contributed by atoms with E-state index in [9.17, 15) is 5.11 Å². The van der Waals surface area contributed by atoms with Crippen molar-refractivity contribution in [2.75, 3.05) is 13.7 Å². The highest BCUT2D eigenvalue weighted by atomic mass is 16.5. The molecule has 0 unspecified atom stereocenters. The van der Waals surface area contributed by atoms with Crippen molar-refractivity contribution in [1.29, 1.82) is 0 Å². The van der Waals surface area contributed by atoms with E-state index in [0.29, 0.717) is 24.7 Å². The van der Waals surface area contributed by atoms with Crippen LogP contribution in [0.15, 0.2) is 4.52 Å². The van der Waals surface area contributed by atoms with Gasteiger partial charge in [0.25, 0.3) is 0 Å². The zero-order valence-electron chi connectivity index (χ0n) is 12.0. The Morgan fingerprint density at radius 1 is 1.30 bits per heavy atom. The quantitative estimate of drug-likeness (QED) is 0.820. The van der Waals surface area contributed by atoms with Crippen molar-refractivity contribution in [3.63, 3.8) is 0 Å². The summed E-state index contributed by atoms with van der Waals surface area (Å²) in [5.74, 6) is 1.23. The van der Waals surface area contributed by atoms with Gasteiger partial charge in [-0.3, -0.25) is 0 Å². The Kier molecular flexibility index (Phi) is 4.05. The number of ether oxygens (including phenoxy) is 1. The molecule has 2 fully saturated rings. The third-order valence-electron chi connectivity index (χ3n) is 4.56. The van der Waals surface area contributed by atoms with Crippen LogP contribution in [-0.4, -0.2) is 35.0 Å². The molecule has 1 aliphatic heterocycles. The number of β-amino-alcohol motifs (C(OH)–C–C–N with tert-alkyl or cyclic N) is 1. The highest BCUT2D eigenvalue weighted by Crippen LogP contribution is 2.38. The molecule has 1 aliphatic carbocycles. The maximum absolute atomic E-state index is 9.57. The zero-order valence-corrected chi connectivity index (χ0v) is 12.0. The molecule has 0 spiro atoms. The molecule has 1 saturated carbocycles. The highest BCUT2D eigenvalue weighted by Gasteiger charge is 2.39. The molecule has 1 saturated heterocycles. The SMILES string of the molecule is COC1(c2noc([C@H]3C[C@H](O)CN3)n2)CCCCCC1. The van der Waals surface area contributed by atoms with Crippen LogP contribution in [0.1, 0.15) is 62.7 Å². The third-order valence-corrected chi connectivity index (χ3v) is 4.56. The summed E-state index contributed by atoms with van der Waals surface area (Å²) in [6.07, 6.45) is 6.95. The Labute approximate surface area is 118 Å². The van der Waals surface area contributed by atoms with Crippen molar-refractivity contribution in [3.05, 3.63) is 11.7 Å². The Morgan fingerprint density at radius 3 is 2.65 bits per heavy atom. The van der Waals surface area contributed by atoms with Crippen LogP contribution in [-0.2, 0) is 10.3 Å². The van der Waals surface area contributed by atoms with Crippen LogP contribution in [0.4, 0.5) is 0 Å². The van der Waals surface area contributed by atoms with E-state index in [-0.39, 0.29) is 12.1 Å². The Hall–Kier alpha value is -0.980. The van der Waals surface area contributed by atoms with E-state index in [4.69, 9.17) is 9.26 Å². The van der Waals surface area contributed by atoms with Gasteiger partial charge in [0.1, 0.15) is 5.60 Å². The molecule has 2 heterocycles. The van der Waals surface area contributed by atoms with Gasteiger partial charge in [0.05, 0.1) is 12.1 Å². The predicted molar refractivity (Wildman–Crippen MR) is 72.1 cm³/mol. The lowest BCUT2D eigenvalue weighted by Crippen LogP contribution is -2.29. The lowest BCUT2D eigenvalue weighted by Gasteiger charge is -2.27. The molecular formula is C14H23N3O3. The van der Waals surface area contributed by atoms with Crippen LogP contribution < -0.4 is 5.32 Å². The first-order chi connectivity index (χ1) is 9.73. The fraction of sp³-hybridized carbons (Fsp3) is 0.857. The Morgan fingerprint density at radius 2 is 2.05 bits per heavy atom. The number of nitrogens with one attached hydrogen (secondary N) is 1. The minimum atomic E-state index is -0.393. The van der Waals surface area contributed by atoms with E-state index in [1.165, 1.54) is 12.8 Å². The van der Waals surface area contributed by atoms with Gasteiger partial charge in [-0.2, -0.15) is 4.98 Å². The van der Waals surface area contributed by atoms with E-state index >= 15 is 0 Å². The zero-order chi connectivity index (χ0) is 14.0. The molecule has 6 heteroatoms. The summed E-state index contributed by atoms with van der Waals surface area (Å²) in [5.41, 5.74) is -0.393. The number of aromatic nitrogens is 2. The summed E-state index contributed by atoms with van der Waals surface area (Å²) < 4.78 is 11.2. The standard InChI is InChI=1S/C14H23N3O3/c1-19-14(6-4-2-3-5-7-14)13-16-12(20-17-13)11-8-10(18)9-15-11/h10-11,15,18H,2-9H2,1H3/t10-,11+/m0/s1. The maximum Gasteiger partial charge on any atom is 0.243 e. The van der Waals surface area contributed by atoms with E-state index in [1.807, 2.05) is 0 Å². The van der Waals surface area contributed by atoms with Gasteiger partial charge in [-0.15, -0.1) is 0 Å². The third kappa shape index (κ3) is 2.60. The van der Waals surface area contributed by atoms with Gasteiger partial charge in [-0.05, 0) is 19.3 Å². The summed E-state index contributed by atoms with van der Waals surface area (Å²) in [7, 11) is 1.74. The minimum Gasteiger partial charge on any atom is -0.392 e. The topological polar surface area (TPSA) is 80.4 Å². The molecule has 20 heavy (non-hydrogen) atoms. The molecular weight excluding hydrogens is 258 g/mol. The van der Waals surface area contributed by atoms with Crippen molar-refractivity contribution in [2.45, 2.75) is 62.7 Å². The summed E-state index contributed by atoms with van der Waals surface area (Å²) >= 11 is 0. The molecule has 0 aromatic carbocycles. The number of nitrogens with zero attached hydrogens (tertiary/aromatic N) is 2. The van der Waals surface area contributed by atoms with Crippen LogP contribution in [0.25, 0.3) is 0 Å². The molecule has 1 aromatic rings. The van der Waals surface area contributed by atoms with E-state index in [0.717, 1.165) is 25.7 Å². The summed E-state index contributed by atoms with van der Waals surface area (Å²) in [6.45, 7) is 0.581. The first kappa shape index (κ1) is 14.0. The first-order valence-electron chi connectivity index (χ1n) is 7.54. The Balaban J connectivity index is 1.80. The largest absolute Gasteiger partial charge is 0.392 e. The predicted octanol–water partition coefficient (Wildman–Crippen LogP) is 1.66. The van der Waals surface area contributed by atoms with Crippen molar-refractivity contribution in [1.82, 2.24) is 15.5 Å². The highest BCUT2D eigenvalue weighted by molar-refractivity contribution is 5.05. The molecule has 0 radical (unpaired) electrons. The molecule has 112 valence electrons. The normalized spacial score (nSPS) is 30.3. The molecule has 1 aromatic heterocycles. The number of rotatable bonds is 3. The van der Waals surface area contributed by atoms with Gasteiger partial charge in [-0.1, -0.05) is 30.8 Å². The van der Waals surface area contributed by atoms with Gasteiger partial charge in [0, 0.05) is 13.7 Å². The van der Waals surface area contributed by atoms with Gasteiger partial charge < -0.3 is 19.7 Å². The molecule has 2 N–H and O–H groups in total. The summed E-state index contributed by atoms with van der Waals surface area (Å²) in [6, 6.07) is -0.0362. The van der Waals surface area contributed by atoms with Crippen LogP contribution in [0, 0.1) is 0 Å². The number of hydrogen-bond acceptors (Lipinski definition) is 6. The van der Waals surface area contributed by atoms with Gasteiger partial charge in [0.15, 0.2) is 0 Å². The average Bonchev–Trinajstić information content (AvgIpc) is 3.03. The number of methoxy groups -OCH3 is 1. The second kappa shape index (κ2) is 5.79. The fourth-order valence-corrected chi connectivity index (χ4v) is 3.29. The molecule has 2 aliphatic rings. The molecule has 6 nitrogen and oxygen atoms in total. The van der Waals surface area contributed by atoms with Crippen LogP contribution in [0.2, 0.25) is 0 Å². The second-order valence-electron chi connectivity index (χ2n) is 5.92. The number of aliphatic hydroxyl groups is 1. The van der Waals surface area contributed by atoms with Crippen molar-refractivity contribution in [3.8, 4) is 0 Å². The van der Waals surface area contributed by atoms with Crippen molar-refractivity contribution < 1.29 is 14.4 Å². The lowest BCUT2D eigenvalue weighted by molar-refractivity contribution is -0.0365.